The summed E-state index contributed by atoms with van der Waals surface area (Å²) in [4.78, 5) is 10.3. The van der Waals surface area contributed by atoms with Crippen LogP contribution in [0.2, 0.25) is 10.0 Å². The van der Waals surface area contributed by atoms with E-state index in [1.165, 1.54) is 12.1 Å². The SMILES string of the molecule is O=C(O)Cc1c(Cl)ccc(Cl)c1F. The molecule has 1 N–H and O–H groups in total. The van der Waals surface area contributed by atoms with Crippen LogP contribution in [0.15, 0.2) is 12.1 Å². The lowest BCUT2D eigenvalue weighted by atomic mass is 10.1. The average Bonchev–Trinajstić information content (AvgIpc) is 2.05. The molecule has 0 amide bonds. The first-order valence-electron chi connectivity index (χ1n) is 3.36. The van der Waals surface area contributed by atoms with Crippen LogP contribution in [0.4, 0.5) is 4.39 Å². The van der Waals surface area contributed by atoms with Gasteiger partial charge < -0.3 is 5.11 Å². The predicted molar refractivity (Wildman–Crippen MR) is 47.8 cm³/mol. The second kappa shape index (κ2) is 3.94. The van der Waals surface area contributed by atoms with Gasteiger partial charge in [-0.3, -0.25) is 4.79 Å². The van der Waals surface area contributed by atoms with Gasteiger partial charge in [-0.1, -0.05) is 23.2 Å². The maximum Gasteiger partial charge on any atom is 0.307 e. The predicted octanol–water partition coefficient (Wildman–Crippen LogP) is 2.76. The Morgan fingerprint density at radius 3 is 2.46 bits per heavy atom. The van der Waals surface area contributed by atoms with Gasteiger partial charge in [0, 0.05) is 10.6 Å². The van der Waals surface area contributed by atoms with Crippen molar-refractivity contribution in [3.8, 4) is 0 Å². The zero-order valence-corrected chi connectivity index (χ0v) is 7.86. The topological polar surface area (TPSA) is 37.3 Å². The van der Waals surface area contributed by atoms with Crippen LogP contribution in [-0.2, 0) is 11.2 Å². The van der Waals surface area contributed by atoms with Crippen molar-refractivity contribution in [2.45, 2.75) is 6.42 Å². The minimum atomic E-state index is -1.15. The standard InChI is InChI=1S/C8H5Cl2FO2/c9-5-1-2-6(10)8(11)4(5)3-7(12)13/h1-2H,3H2,(H,12,13). The van der Waals surface area contributed by atoms with Crippen LogP contribution in [0.3, 0.4) is 0 Å². The highest BCUT2D eigenvalue weighted by atomic mass is 35.5. The van der Waals surface area contributed by atoms with Gasteiger partial charge in [0.25, 0.3) is 0 Å². The van der Waals surface area contributed by atoms with E-state index in [1.807, 2.05) is 0 Å². The van der Waals surface area contributed by atoms with Gasteiger partial charge >= 0.3 is 5.97 Å². The molecule has 0 fully saturated rings. The first-order valence-corrected chi connectivity index (χ1v) is 4.12. The van der Waals surface area contributed by atoms with Crippen LogP contribution in [-0.4, -0.2) is 11.1 Å². The fourth-order valence-electron chi connectivity index (χ4n) is 0.882. The molecule has 2 nitrogen and oxygen atoms in total. The van der Waals surface area contributed by atoms with E-state index in [1.54, 1.807) is 0 Å². The second-order valence-corrected chi connectivity index (χ2v) is 3.21. The molecule has 13 heavy (non-hydrogen) atoms. The molecule has 5 heteroatoms. The van der Waals surface area contributed by atoms with Crippen molar-refractivity contribution in [1.29, 1.82) is 0 Å². The van der Waals surface area contributed by atoms with Crippen molar-refractivity contribution in [2.75, 3.05) is 0 Å². The quantitative estimate of drug-likeness (QED) is 0.782. The van der Waals surface area contributed by atoms with E-state index in [-0.39, 0.29) is 15.6 Å². The average molecular weight is 223 g/mol. The summed E-state index contributed by atoms with van der Waals surface area (Å²) in [6.45, 7) is 0. The lowest BCUT2D eigenvalue weighted by Crippen LogP contribution is -2.03. The van der Waals surface area contributed by atoms with E-state index in [2.05, 4.69) is 0 Å². The van der Waals surface area contributed by atoms with Crippen molar-refractivity contribution in [3.63, 3.8) is 0 Å². The molecule has 0 spiro atoms. The lowest BCUT2D eigenvalue weighted by molar-refractivity contribution is -0.136. The van der Waals surface area contributed by atoms with Gasteiger partial charge in [-0.05, 0) is 12.1 Å². The summed E-state index contributed by atoms with van der Waals surface area (Å²) in [5.41, 5.74) is -0.0818. The Morgan fingerprint density at radius 1 is 1.38 bits per heavy atom. The molecule has 0 bridgehead atoms. The highest BCUT2D eigenvalue weighted by Gasteiger charge is 2.13. The van der Waals surface area contributed by atoms with Crippen LogP contribution >= 0.6 is 23.2 Å². The smallest absolute Gasteiger partial charge is 0.307 e. The fourth-order valence-corrected chi connectivity index (χ4v) is 1.27. The van der Waals surface area contributed by atoms with Crippen molar-refractivity contribution in [2.24, 2.45) is 0 Å². The van der Waals surface area contributed by atoms with Crippen LogP contribution in [0.25, 0.3) is 0 Å². The molecule has 0 aliphatic heterocycles. The molecule has 0 atom stereocenters. The highest BCUT2D eigenvalue weighted by molar-refractivity contribution is 6.33. The third-order valence-electron chi connectivity index (χ3n) is 1.47. The van der Waals surface area contributed by atoms with Gasteiger partial charge in [0.15, 0.2) is 0 Å². The van der Waals surface area contributed by atoms with Crippen LogP contribution in [0.5, 0.6) is 0 Å². The third-order valence-corrected chi connectivity index (χ3v) is 2.11. The number of carbonyl (C=O) groups is 1. The van der Waals surface area contributed by atoms with Crippen molar-refractivity contribution < 1.29 is 14.3 Å². The van der Waals surface area contributed by atoms with Crippen LogP contribution in [0, 0.1) is 5.82 Å². The first-order chi connectivity index (χ1) is 6.02. The Hall–Kier alpha value is -0.800. The number of hydrogen-bond acceptors (Lipinski definition) is 1. The molecule has 0 saturated carbocycles. The molecular formula is C8H5Cl2FO2. The van der Waals surface area contributed by atoms with E-state index in [0.29, 0.717) is 0 Å². The molecule has 0 saturated heterocycles. The molecule has 0 unspecified atom stereocenters. The minimum absolute atomic E-state index is 0.0734. The largest absolute Gasteiger partial charge is 0.481 e. The van der Waals surface area contributed by atoms with E-state index in [9.17, 15) is 9.18 Å². The summed E-state index contributed by atoms with van der Waals surface area (Å²) in [6, 6.07) is 2.65. The number of rotatable bonds is 2. The number of aliphatic carboxylic acids is 1. The molecule has 1 aromatic rings. The van der Waals surface area contributed by atoms with Crippen LogP contribution in [0.1, 0.15) is 5.56 Å². The zero-order valence-electron chi connectivity index (χ0n) is 6.35. The van der Waals surface area contributed by atoms with Gasteiger partial charge in [-0.25, -0.2) is 4.39 Å². The molecule has 0 aliphatic carbocycles. The molecule has 1 aromatic carbocycles. The first kappa shape index (κ1) is 10.3. The van der Waals surface area contributed by atoms with Gasteiger partial charge in [0.2, 0.25) is 0 Å². The van der Waals surface area contributed by atoms with Gasteiger partial charge in [-0.2, -0.15) is 0 Å². The maximum absolute atomic E-state index is 13.1. The summed E-state index contributed by atoms with van der Waals surface area (Å²) in [6.07, 6.45) is -0.467. The number of hydrogen-bond donors (Lipinski definition) is 1. The van der Waals surface area contributed by atoms with Gasteiger partial charge in [0.1, 0.15) is 5.82 Å². The molecule has 0 radical (unpaired) electrons. The molecule has 0 aliphatic rings. The van der Waals surface area contributed by atoms with Crippen LogP contribution < -0.4 is 0 Å². The van der Waals surface area contributed by atoms with E-state index in [4.69, 9.17) is 28.3 Å². The molecule has 1 rings (SSSR count). The summed E-state index contributed by atoms with van der Waals surface area (Å²) in [5, 5.41) is 8.39. The molecule has 0 heterocycles. The highest BCUT2D eigenvalue weighted by Crippen LogP contribution is 2.25. The number of carboxylic acid groups (broad SMARTS) is 1. The Kier molecular flexibility index (Phi) is 3.12. The Morgan fingerprint density at radius 2 is 1.92 bits per heavy atom. The Balaban J connectivity index is 3.17. The monoisotopic (exact) mass is 222 g/mol. The minimum Gasteiger partial charge on any atom is -0.481 e. The van der Waals surface area contributed by atoms with Gasteiger partial charge in [0.05, 0.1) is 11.4 Å². The molecule has 70 valence electrons. The third kappa shape index (κ3) is 2.32. The van der Waals surface area contributed by atoms with E-state index >= 15 is 0 Å². The normalized spacial score (nSPS) is 10.1. The summed E-state index contributed by atoms with van der Waals surface area (Å²) >= 11 is 11.0. The zero-order chi connectivity index (χ0) is 10.0. The van der Waals surface area contributed by atoms with E-state index in [0.717, 1.165) is 0 Å². The van der Waals surface area contributed by atoms with Gasteiger partial charge in [-0.15, -0.1) is 0 Å². The summed E-state index contributed by atoms with van der Waals surface area (Å²) < 4.78 is 13.1. The summed E-state index contributed by atoms with van der Waals surface area (Å²) in [5.74, 6) is -1.92. The van der Waals surface area contributed by atoms with Crippen molar-refractivity contribution in [3.05, 3.63) is 33.6 Å². The molecule has 0 aromatic heterocycles. The Bertz CT molecular complexity index is 352. The number of benzene rings is 1. The maximum atomic E-state index is 13.1. The number of halogens is 3. The Labute approximate surface area is 83.9 Å². The lowest BCUT2D eigenvalue weighted by Gasteiger charge is -2.03. The summed E-state index contributed by atoms with van der Waals surface area (Å²) in [7, 11) is 0. The second-order valence-electron chi connectivity index (χ2n) is 2.39. The number of carboxylic acids is 1. The van der Waals surface area contributed by atoms with Crippen molar-refractivity contribution in [1.82, 2.24) is 0 Å². The fraction of sp³-hybridized carbons (Fsp3) is 0.125. The van der Waals surface area contributed by atoms with E-state index < -0.39 is 18.2 Å². The molecular weight excluding hydrogens is 218 g/mol. The van der Waals surface area contributed by atoms with Crippen molar-refractivity contribution >= 4 is 29.2 Å².